The lowest BCUT2D eigenvalue weighted by atomic mass is 10.1. The number of benzene rings is 1. The molecule has 0 bridgehead atoms. The van der Waals surface area contributed by atoms with Crippen molar-refractivity contribution in [2.75, 3.05) is 18.0 Å². The van der Waals surface area contributed by atoms with Crippen LogP contribution in [0.5, 0.6) is 0 Å². The normalized spacial score (nSPS) is 15.6. The first-order valence-electron chi connectivity index (χ1n) is 6.54. The van der Waals surface area contributed by atoms with E-state index in [1.54, 1.807) is 6.07 Å². The van der Waals surface area contributed by atoms with Gasteiger partial charge < -0.3 is 9.88 Å². The van der Waals surface area contributed by atoms with Crippen LogP contribution in [0.2, 0.25) is 0 Å². The van der Waals surface area contributed by atoms with Gasteiger partial charge >= 0.3 is 0 Å². The standard InChI is InChI=1S/C15H18N2O/c1-10-8-15(18)16-13-9-14(11(2)7-12(10)13)17-5-3-4-6-17/h7-9H,3-6H2,1-2H3,(H,16,18). The number of aromatic amines is 1. The van der Waals surface area contributed by atoms with Crippen molar-refractivity contribution in [1.29, 1.82) is 0 Å². The number of aryl methyl sites for hydroxylation is 2. The summed E-state index contributed by atoms with van der Waals surface area (Å²) in [6, 6.07) is 5.98. The Bertz CT molecular complexity index is 651. The minimum Gasteiger partial charge on any atom is -0.371 e. The van der Waals surface area contributed by atoms with E-state index in [4.69, 9.17) is 0 Å². The summed E-state index contributed by atoms with van der Waals surface area (Å²) in [4.78, 5) is 16.9. The number of H-pyrrole nitrogens is 1. The van der Waals surface area contributed by atoms with Crippen molar-refractivity contribution < 1.29 is 0 Å². The fraction of sp³-hybridized carbons (Fsp3) is 0.400. The summed E-state index contributed by atoms with van der Waals surface area (Å²) in [5, 5.41) is 1.15. The van der Waals surface area contributed by atoms with Crippen molar-refractivity contribution in [2.45, 2.75) is 26.7 Å². The largest absolute Gasteiger partial charge is 0.371 e. The molecule has 0 saturated carbocycles. The molecular weight excluding hydrogens is 224 g/mol. The summed E-state index contributed by atoms with van der Waals surface area (Å²) in [6.07, 6.45) is 2.53. The second-order valence-corrected chi connectivity index (χ2v) is 5.20. The minimum atomic E-state index is -0.0174. The molecule has 1 aliphatic rings. The quantitative estimate of drug-likeness (QED) is 0.834. The molecule has 3 heteroatoms. The van der Waals surface area contributed by atoms with E-state index < -0.39 is 0 Å². The Kier molecular flexibility index (Phi) is 2.62. The third kappa shape index (κ3) is 1.80. The van der Waals surface area contributed by atoms with Gasteiger partial charge in [-0.3, -0.25) is 4.79 Å². The van der Waals surface area contributed by atoms with Crippen molar-refractivity contribution in [1.82, 2.24) is 4.98 Å². The zero-order valence-corrected chi connectivity index (χ0v) is 10.9. The zero-order chi connectivity index (χ0) is 12.7. The van der Waals surface area contributed by atoms with Crippen LogP contribution in [0.15, 0.2) is 23.0 Å². The molecule has 2 heterocycles. The second-order valence-electron chi connectivity index (χ2n) is 5.20. The Balaban J connectivity index is 2.22. The molecule has 94 valence electrons. The molecule has 1 saturated heterocycles. The van der Waals surface area contributed by atoms with Gasteiger partial charge in [0.05, 0.1) is 5.52 Å². The lowest BCUT2D eigenvalue weighted by Crippen LogP contribution is -2.19. The van der Waals surface area contributed by atoms with Crippen molar-refractivity contribution in [3.63, 3.8) is 0 Å². The van der Waals surface area contributed by atoms with Crippen LogP contribution in [0.3, 0.4) is 0 Å². The molecule has 0 spiro atoms. The third-order valence-corrected chi connectivity index (χ3v) is 3.81. The maximum atomic E-state index is 11.6. The minimum absolute atomic E-state index is 0.0174. The molecule has 0 unspecified atom stereocenters. The van der Waals surface area contributed by atoms with Crippen molar-refractivity contribution >= 4 is 16.6 Å². The number of pyridine rings is 1. The van der Waals surface area contributed by atoms with E-state index in [2.05, 4.69) is 28.9 Å². The van der Waals surface area contributed by atoms with Crippen LogP contribution in [-0.4, -0.2) is 18.1 Å². The van der Waals surface area contributed by atoms with Gasteiger partial charge in [0.2, 0.25) is 5.56 Å². The summed E-state index contributed by atoms with van der Waals surface area (Å²) >= 11 is 0. The van der Waals surface area contributed by atoms with E-state index >= 15 is 0 Å². The first-order valence-corrected chi connectivity index (χ1v) is 6.54. The van der Waals surface area contributed by atoms with E-state index in [1.807, 2.05) is 6.92 Å². The maximum Gasteiger partial charge on any atom is 0.248 e. The van der Waals surface area contributed by atoms with E-state index in [0.29, 0.717) is 0 Å². The Morgan fingerprint density at radius 2 is 1.78 bits per heavy atom. The number of fused-ring (bicyclic) bond motifs is 1. The van der Waals surface area contributed by atoms with Gasteiger partial charge in [-0.05, 0) is 49.9 Å². The van der Waals surface area contributed by atoms with Crippen molar-refractivity contribution in [3.05, 3.63) is 39.7 Å². The summed E-state index contributed by atoms with van der Waals surface area (Å²) in [6.45, 7) is 6.40. The third-order valence-electron chi connectivity index (χ3n) is 3.81. The fourth-order valence-electron chi connectivity index (χ4n) is 2.87. The number of nitrogens with zero attached hydrogens (tertiary/aromatic N) is 1. The van der Waals surface area contributed by atoms with Gasteiger partial charge in [-0.15, -0.1) is 0 Å². The molecule has 3 rings (SSSR count). The molecule has 0 aliphatic carbocycles. The molecule has 0 amide bonds. The average molecular weight is 242 g/mol. The van der Waals surface area contributed by atoms with Gasteiger partial charge in [0.1, 0.15) is 0 Å². The number of rotatable bonds is 1. The summed E-state index contributed by atoms with van der Waals surface area (Å²) in [5.41, 5.74) is 4.54. The predicted octanol–water partition coefficient (Wildman–Crippen LogP) is 2.75. The van der Waals surface area contributed by atoms with Crippen molar-refractivity contribution in [3.8, 4) is 0 Å². The monoisotopic (exact) mass is 242 g/mol. The molecule has 1 aliphatic heterocycles. The Hall–Kier alpha value is -1.77. The van der Waals surface area contributed by atoms with Gasteiger partial charge in [0.25, 0.3) is 0 Å². The van der Waals surface area contributed by atoms with E-state index in [9.17, 15) is 4.79 Å². The predicted molar refractivity (Wildman–Crippen MR) is 75.5 cm³/mol. The molecule has 1 N–H and O–H groups in total. The van der Waals surface area contributed by atoms with Gasteiger partial charge in [-0.1, -0.05) is 0 Å². The molecule has 2 aromatic rings. The van der Waals surface area contributed by atoms with Crippen LogP contribution in [0.1, 0.15) is 24.0 Å². The molecule has 0 radical (unpaired) electrons. The van der Waals surface area contributed by atoms with Crippen LogP contribution in [0.4, 0.5) is 5.69 Å². The number of hydrogen-bond donors (Lipinski definition) is 1. The second kappa shape index (κ2) is 4.16. The highest BCUT2D eigenvalue weighted by molar-refractivity contribution is 5.86. The summed E-state index contributed by atoms with van der Waals surface area (Å²) in [5.74, 6) is 0. The molecule has 1 aromatic carbocycles. The highest BCUT2D eigenvalue weighted by Gasteiger charge is 2.15. The van der Waals surface area contributed by atoms with Gasteiger partial charge in [-0.25, -0.2) is 0 Å². The number of nitrogens with one attached hydrogen (secondary N) is 1. The average Bonchev–Trinajstić information content (AvgIpc) is 2.83. The highest BCUT2D eigenvalue weighted by Crippen LogP contribution is 2.28. The smallest absolute Gasteiger partial charge is 0.248 e. The van der Waals surface area contributed by atoms with Gasteiger partial charge in [0, 0.05) is 30.2 Å². The van der Waals surface area contributed by atoms with E-state index in [1.165, 1.54) is 24.1 Å². The van der Waals surface area contributed by atoms with Crippen LogP contribution >= 0.6 is 0 Å². The Morgan fingerprint density at radius 1 is 1.06 bits per heavy atom. The molecule has 3 nitrogen and oxygen atoms in total. The molecule has 0 atom stereocenters. The van der Waals surface area contributed by atoms with Crippen LogP contribution in [0.25, 0.3) is 10.9 Å². The van der Waals surface area contributed by atoms with Crippen molar-refractivity contribution in [2.24, 2.45) is 0 Å². The topological polar surface area (TPSA) is 36.1 Å². The van der Waals surface area contributed by atoms with Crippen LogP contribution in [-0.2, 0) is 0 Å². The molecule has 18 heavy (non-hydrogen) atoms. The summed E-state index contributed by atoms with van der Waals surface area (Å²) in [7, 11) is 0. The van der Waals surface area contributed by atoms with E-state index in [-0.39, 0.29) is 5.56 Å². The first kappa shape index (κ1) is 11.3. The van der Waals surface area contributed by atoms with Gasteiger partial charge in [0.15, 0.2) is 0 Å². The Morgan fingerprint density at radius 3 is 2.50 bits per heavy atom. The Labute approximate surface area is 106 Å². The molecular formula is C15H18N2O. The lowest BCUT2D eigenvalue weighted by Gasteiger charge is -2.21. The SMILES string of the molecule is Cc1cc2c(C)cc(=O)[nH]c2cc1N1CCCC1. The summed E-state index contributed by atoms with van der Waals surface area (Å²) < 4.78 is 0. The fourth-order valence-corrected chi connectivity index (χ4v) is 2.87. The lowest BCUT2D eigenvalue weighted by molar-refractivity contribution is 0.949. The first-order chi connectivity index (χ1) is 8.65. The van der Waals surface area contributed by atoms with Crippen LogP contribution < -0.4 is 10.5 Å². The van der Waals surface area contributed by atoms with E-state index in [0.717, 1.165) is 29.6 Å². The van der Waals surface area contributed by atoms with Gasteiger partial charge in [-0.2, -0.15) is 0 Å². The molecule has 1 fully saturated rings. The highest BCUT2D eigenvalue weighted by atomic mass is 16.1. The number of anilines is 1. The number of aromatic nitrogens is 1. The van der Waals surface area contributed by atoms with Crippen LogP contribution in [0, 0.1) is 13.8 Å². The number of hydrogen-bond acceptors (Lipinski definition) is 2. The zero-order valence-electron chi connectivity index (χ0n) is 10.9. The molecule has 1 aromatic heterocycles. The maximum absolute atomic E-state index is 11.6.